The van der Waals surface area contributed by atoms with E-state index in [1.807, 2.05) is 6.07 Å². The number of nitrogen functional groups attached to an aromatic ring is 1. The number of methoxy groups -OCH3 is 1. The van der Waals surface area contributed by atoms with Crippen LogP contribution < -0.4 is 15.2 Å². The molecular weight excluding hydrogens is 301 g/mol. The Kier molecular flexibility index (Phi) is 4.18. The molecule has 1 aromatic heterocycles. The first kappa shape index (κ1) is 14.3. The maximum Gasteiger partial charge on any atom is 0.240 e. The summed E-state index contributed by atoms with van der Waals surface area (Å²) in [7, 11) is 1.47. The minimum Gasteiger partial charge on any atom is -0.493 e. The minimum atomic E-state index is 0.108. The van der Waals surface area contributed by atoms with Gasteiger partial charge in [-0.05, 0) is 18.2 Å². The molecule has 0 atom stereocenters. The highest BCUT2D eigenvalue weighted by atomic mass is 35.5. The van der Waals surface area contributed by atoms with Crippen molar-refractivity contribution < 1.29 is 9.47 Å². The Morgan fingerprint density at radius 3 is 2.60 bits per heavy atom. The van der Waals surface area contributed by atoms with E-state index in [-0.39, 0.29) is 21.7 Å². The standard InChI is InChI=1S/C13H9Cl2N3O2/c1-19-11-4-7(6-16)2-3-10(11)20-13-9(15)5-8(14)12(17)18-13/h2-5H,1H3,(H2,17,18). The van der Waals surface area contributed by atoms with E-state index in [1.165, 1.54) is 13.2 Å². The van der Waals surface area contributed by atoms with Gasteiger partial charge in [0.05, 0.1) is 23.8 Å². The molecule has 0 fully saturated rings. The number of aromatic nitrogens is 1. The van der Waals surface area contributed by atoms with Crippen molar-refractivity contribution in [2.24, 2.45) is 0 Å². The van der Waals surface area contributed by atoms with Crippen LogP contribution in [0, 0.1) is 11.3 Å². The Labute approximate surface area is 125 Å². The number of nitrogens with zero attached hydrogens (tertiary/aromatic N) is 2. The van der Waals surface area contributed by atoms with Crippen molar-refractivity contribution in [3.05, 3.63) is 39.9 Å². The fourth-order valence-electron chi connectivity index (χ4n) is 1.46. The Morgan fingerprint density at radius 2 is 1.95 bits per heavy atom. The number of rotatable bonds is 3. The number of nitriles is 1. The average molecular weight is 310 g/mol. The van der Waals surface area contributed by atoms with Crippen molar-refractivity contribution in [3.63, 3.8) is 0 Å². The maximum absolute atomic E-state index is 8.84. The van der Waals surface area contributed by atoms with Crippen LogP contribution in [0.4, 0.5) is 5.82 Å². The highest BCUT2D eigenvalue weighted by Crippen LogP contribution is 2.36. The number of ether oxygens (including phenoxy) is 2. The van der Waals surface area contributed by atoms with Crippen molar-refractivity contribution in [1.82, 2.24) is 4.98 Å². The predicted molar refractivity (Wildman–Crippen MR) is 76.5 cm³/mol. The average Bonchev–Trinajstić information content (AvgIpc) is 2.45. The van der Waals surface area contributed by atoms with Gasteiger partial charge in [0.2, 0.25) is 5.88 Å². The number of hydrogen-bond acceptors (Lipinski definition) is 5. The lowest BCUT2D eigenvalue weighted by Gasteiger charge is -2.11. The zero-order chi connectivity index (χ0) is 14.7. The third kappa shape index (κ3) is 2.87. The molecule has 0 saturated heterocycles. The van der Waals surface area contributed by atoms with Gasteiger partial charge in [-0.25, -0.2) is 0 Å². The van der Waals surface area contributed by atoms with Crippen LogP contribution >= 0.6 is 23.2 Å². The highest BCUT2D eigenvalue weighted by molar-refractivity contribution is 6.36. The van der Waals surface area contributed by atoms with Crippen LogP contribution in [0.2, 0.25) is 10.0 Å². The van der Waals surface area contributed by atoms with E-state index in [4.69, 9.17) is 43.7 Å². The minimum absolute atomic E-state index is 0.108. The molecule has 0 amide bonds. The molecule has 1 heterocycles. The number of halogens is 2. The lowest BCUT2D eigenvalue weighted by molar-refractivity contribution is 0.374. The maximum atomic E-state index is 8.84. The Morgan fingerprint density at radius 1 is 1.20 bits per heavy atom. The Balaban J connectivity index is 2.40. The second kappa shape index (κ2) is 5.87. The molecule has 0 radical (unpaired) electrons. The molecule has 0 spiro atoms. The van der Waals surface area contributed by atoms with E-state index >= 15 is 0 Å². The molecule has 5 nitrogen and oxygen atoms in total. The van der Waals surface area contributed by atoms with Gasteiger partial charge in [0.15, 0.2) is 11.5 Å². The first-order valence-electron chi connectivity index (χ1n) is 5.42. The van der Waals surface area contributed by atoms with Gasteiger partial charge in [-0.2, -0.15) is 10.2 Å². The molecule has 20 heavy (non-hydrogen) atoms. The zero-order valence-corrected chi connectivity index (χ0v) is 11.9. The lowest BCUT2D eigenvalue weighted by Crippen LogP contribution is -1.97. The van der Waals surface area contributed by atoms with Crippen molar-refractivity contribution in [2.45, 2.75) is 0 Å². The van der Waals surface area contributed by atoms with Crippen LogP contribution in [-0.2, 0) is 0 Å². The summed E-state index contributed by atoms with van der Waals surface area (Å²) in [4.78, 5) is 3.96. The molecule has 1 aromatic carbocycles. The van der Waals surface area contributed by atoms with E-state index in [2.05, 4.69) is 4.98 Å². The van der Waals surface area contributed by atoms with Crippen LogP contribution in [0.15, 0.2) is 24.3 Å². The quantitative estimate of drug-likeness (QED) is 0.936. The molecule has 0 saturated carbocycles. The van der Waals surface area contributed by atoms with Crippen LogP contribution in [0.1, 0.15) is 5.56 Å². The molecule has 0 aliphatic carbocycles. The molecule has 2 aromatic rings. The third-order valence-electron chi connectivity index (χ3n) is 2.42. The number of pyridine rings is 1. The number of hydrogen-bond donors (Lipinski definition) is 1. The fourth-order valence-corrected chi connectivity index (χ4v) is 1.86. The number of anilines is 1. The van der Waals surface area contributed by atoms with Crippen molar-refractivity contribution in [2.75, 3.05) is 12.8 Å². The summed E-state index contributed by atoms with van der Waals surface area (Å²) in [6.07, 6.45) is 0. The summed E-state index contributed by atoms with van der Waals surface area (Å²) >= 11 is 11.8. The summed E-state index contributed by atoms with van der Waals surface area (Å²) in [6, 6.07) is 8.16. The van der Waals surface area contributed by atoms with Gasteiger partial charge < -0.3 is 15.2 Å². The van der Waals surface area contributed by atoms with Gasteiger partial charge in [0, 0.05) is 6.07 Å². The highest BCUT2D eigenvalue weighted by Gasteiger charge is 2.13. The first-order valence-corrected chi connectivity index (χ1v) is 6.18. The second-order valence-electron chi connectivity index (χ2n) is 3.72. The van der Waals surface area contributed by atoms with Crippen molar-refractivity contribution in [1.29, 1.82) is 5.26 Å². The smallest absolute Gasteiger partial charge is 0.240 e. The van der Waals surface area contributed by atoms with Gasteiger partial charge in [-0.15, -0.1) is 0 Å². The van der Waals surface area contributed by atoms with Crippen LogP contribution in [-0.4, -0.2) is 12.1 Å². The van der Waals surface area contributed by atoms with Crippen LogP contribution in [0.25, 0.3) is 0 Å². The molecule has 0 unspecified atom stereocenters. The van der Waals surface area contributed by atoms with E-state index in [9.17, 15) is 0 Å². The van der Waals surface area contributed by atoms with Gasteiger partial charge >= 0.3 is 0 Å². The molecule has 102 valence electrons. The fraction of sp³-hybridized carbons (Fsp3) is 0.0769. The predicted octanol–water partition coefficient (Wildman–Crippen LogP) is 3.64. The van der Waals surface area contributed by atoms with E-state index in [1.54, 1.807) is 18.2 Å². The Hall–Kier alpha value is -2.16. The zero-order valence-electron chi connectivity index (χ0n) is 10.4. The summed E-state index contributed by atoms with van der Waals surface area (Å²) in [5, 5.41) is 9.30. The van der Waals surface area contributed by atoms with E-state index in [0.29, 0.717) is 17.1 Å². The van der Waals surface area contributed by atoms with Crippen molar-refractivity contribution in [3.8, 4) is 23.4 Å². The van der Waals surface area contributed by atoms with Crippen LogP contribution in [0.5, 0.6) is 17.4 Å². The SMILES string of the molecule is COc1cc(C#N)ccc1Oc1nc(N)c(Cl)cc1Cl. The van der Waals surface area contributed by atoms with Gasteiger partial charge in [0.1, 0.15) is 10.8 Å². The summed E-state index contributed by atoms with van der Waals surface area (Å²) in [5.74, 6) is 0.966. The molecule has 7 heteroatoms. The molecule has 2 rings (SSSR count). The van der Waals surface area contributed by atoms with E-state index < -0.39 is 0 Å². The molecule has 0 bridgehead atoms. The van der Waals surface area contributed by atoms with Crippen molar-refractivity contribution >= 4 is 29.0 Å². The molecule has 0 aliphatic rings. The summed E-state index contributed by atoms with van der Waals surface area (Å²) < 4.78 is 10.7. The number of nitrogens with two attached hydrogens (primary N) is 1. The lowest BCUT2D eigenvalue weighted by atomic mass is 10.2. The largest absolute Gasteiger partial charge is 0.493 e. The van der Waals surface area contributed by atoms with Gasteiger partial charge in [0.25, 0.3) is 0 Å². The first-order chi connectivity index (χ1) is 9.55. The third-order valence-corrected chi connectivity index (χ3v) is 3.00. The molecule has 0 aliphatic heterocycles. The van der Waals surface area contributed by atoms with Gasteiger partial charge in [-0.3, -0.25) is 0 Å². The summed E-state index contributed by atoms with van der Waals surface area (Å²) in [6.45, 7) is 0. The normalized spacial score (nSPS) is 9.90. The summed E-state index contributed by atoms with van der Waals surface area (Å²) in [5.41, 5.74) is 6.05. The molecular formula is C13H9Cl2N3O2. The number of benzene rings is 1. The van der Waals surface area contributed by atoms with Crippen LogP contribution in [0.3, 0.4) is 0 Å². The monoisotopic (exact) mass is 309 g/mol. The molecule has 2 N–H and O–H groups in total. The van der Waals surface area contributed by atoms with E-state index in [0.717, 1.165) is 0 Å². The second-order valence-corrected chi connectivity index (χ2v) is 4.54. The Bertz CT molecular complexity index is 699. The topological polar surface area (TPSA) is 81.2 Å². The van der Waals surface area contributed by atoms with Gasteiger partial charge in [-0.1, -0.05) is 23.2 Å².